The predicted octanol–water partition coefficient (Wildman–Crippen LogP) is 2.90. The number of benzene rings is 1. The molecule has 0 radical (unpaired) electrons. The minimum absolute atomic E-state index is 0.0615. The van der Waals surface area contributed by atoms with Crippen molar-refractivity contribution in [3.8, 4) is 6.07 Å². The van der Waals surface area contributed by atoms with Crippen LogP contribution in [0.25, 0.3) is 0 Å². The summed E-state index contributed by atoms with van der Waals surface area (Å²) in [7, 11) is 0. The third kappa shape index (κ3) is 3.08. The standard InChI is InChI=1S/C16H18FNO3/c17-15-12(10-18)2-1-3-13(15)11-19-14-4-6-16(7-5-14)20-8-9-21-16/h1-3,14H,4-9,11H2. The average molecular weight is 291 g/mol. The Kier molecular flexibility index (Phi) is 4.20. The van der Waals surface area contributed by atoms with Crippen LogP contribution in [0.3, 0.4) is 0 Å². The summed E-state index contributed by atoms with van der Waals surface area (Å²) in [4.78, 5) is 0. The zero-order chi connectivity index (χ0) is 14.7. The van der Waals surface area contributed by atoms with Gasteiger partial charge in [0.05, 0.1) is 31.5 Å². The Bertz CT molecular complexity index is 539. The molecule has 0 N–H and O–H groups in total. The van der Waals surface area contributed by atoms with Crippen LogP contribution in [0.1, 0.15) is 36.8 Å². The second kappa shape index (κ2) is 6.10. The van der Waals surface area contributed by atoms with Gasteiger partial charge in [-0.1, -0.05) is 12.1 Å². The van der Waals surface area contributed by atoms with Gasteiger partial charge in [-0.2, -0.15) is 5.26 Å². The molecule has 2 fully saturated rings. The van der Waals surface area contributed by atoms with Gasteiger partial charge in [0.1, 0.15) is 11.9 Å². The van der Waals surface area contributed by atoms with Crippen LogP contribution in [0.15, 0.2) is 18.2 Å². The number of rotatable bonds is 3. The number of ether oxygens (including phenoxy) is 3. The Morgan fingerprint density at radius 3 is 2.67 bits per heavy atom. The Balaban J connectivity index is 1.54. The minimum Gasteiger partial charge on any atom is -0.373 e. The summed E-state index contributed by atoms with van der Waals surface area (Å²) >= 11 is 0. The second-order valence-corrected chi connectivity index (χ2v) is 5.51. The molecule has 0 atom stereocenters. The smallest absolute Gasteiger partial charge is 0.168 e. The SMILES string of the molecule is N#Cc1cccc(COC2CCC3(CC2)OCCO3)c1F. The van der Waals surface area contributed by atoms with Crippen LogP contribution in [0, 0.1) is 17.1 Å². The van der Waals surface area contributed by atoms with Gasteiger partial charge in [0.15, 0.2) is 5.79 Å². The van der Waals surface area contributed by atoms with Gasteiger partial charge in [-0.25, -0.2) is 4.39 Å². The van der Waals surface area contributed by atoms with E-state index in [4.69, 9.17) is 19.5 Å². The van der Waals surface area contributed by atoms with E-state index in [-0.39, 0.29) is 18.3 Å². The van der Waals surface area contributed by atoms with Crippen molar-refractivity contribution in [3.63, 3.8) is 0 Å². The molecule has 1 aromatic rings. The van der Waals surface area contributed by atoms with E-state index < -0.39 is 11.6 Å². The monoisotopic (exact) mass is 291 g/mol. The lowest BCUT2D eigenvalue weighted by Gasteiger charge is -2.35. The van der Waals surface area contributed by atoms with Crippen LogP contribution in [0.5, 0.6) is 0 Å². The molecular weight excluding hydrogens is 273 g/mol. The second-order valence-electron chi connectivity index (χ2n) is 5.51. The maximum absolute atomic E-state index is 13.9. The average Bonchev–Trinajstić information content (AvgIpc) is 2.96. The highest BCUT2D eigenvalue weighted by atomic mass is 19.1. The lowest BCUT2D eigenvalue weighted by Crippen LogP contribution is -2.37. The van der Waals surface area contributed by atoms with E-state index in [1.165, 1.54) is 6.07 Å². The van der Waals surface area contributed by atoms with Crippen molar-refractivity contribution in [2.45, 2.75) is 44.2 Å². The van der Waals surface area contributed by atoms with E-state index in [1.54, 1.807) is 12.1 Å². The zero-order valence-electron chi connectivity index (χ0n) is 11.8. The molecular formula is C16H18FNO3. The van der Waals surface area contributed by atoms with E-state index in [0.717, 1.165) is 25.7 Å². The first kappa shape index (κ1) is 14.5. The first-order valence-corrected chi connectivity index (χ1v) is 7.29. The number of hydrogen-bond donors (Lipinski definition) is 0. The van der Waals surface area contributed by atoms with E-state index >= 15 is 0 Å². The fourth-order valence-electron chi connectivity index (χ4n) is 2.97. The Labute approximate surface area is 123 Å². The summed E-state index contributed by atoms with van der Waals surface area (Å²) in [6.45, 7) is 1.52. The molecule has 1 spiro atoms. The van der Waals surface area contributed by atoms with E-state index in [1.807, 2.05) is 6.07 Å². The molecule has 0 aromatic heterocycles. The van der Waals surface area contributed by atoms with Crippen LogP contribution < -0.4 is 0 Å². The first-order chi connectivity index (χ1) is 10.2. The Morgan fingerprint density at radius 1 is 1.29 bits per heavy atom. The summed E-state index contributed by atoms with van der Waals surface area (Å²) in [5.74, 6) is -0.874. The molecule has 1 aromatic carbocycles. The summed E-state index contributed by atoms with van der Waals surface area (Å²) in [6, 6.07) is 6.65. The maximum Gasteiger partial charge on any atom is 0.168 e. The molecule has 1 heterocycles. The lowest BCUT2D eigenvalue weighted by atomic mass is 9.92. The van der Waals surface area contributed by atoms with Crippen LogP contribution in [-0.2, 0) is 20.8 Å². The number of nitriles is 1. The van der Waals surface area contributed by atoms with Gasteiger partial charge < -0.3 is 14.2 Å². The van der Waals surface area contributed by atoms with Gasteiger partial charge in [0.2, 0.25) is 0 Å². The molecule has 21 heavy (non-hydrogen) atoms. The summed E-state index contributed by atoms with van der Waals surface area (Å²) in [5.41, 5.74) is 0.495. The highest BCUT2D eigenvalue weighted by Gasteiger charge is 2.40. The zero-order valence-corrected chi connectivity index (χ0v) is 11.8. The highest BCUT2D eigenvalue weighted by Crippen LogP contribution is 2.36. The fourth-order valence-corrected chi connectivity index (χ4v) is 2.97. The third-order valence-corrected chi connectivity index (χ3v) is 4.18. The van der Waals surface area contributed by atoms with Crippen LogP contribution >= 0.6 is 0 Å². The molecule has 1 aliphatic carbocycles. The van der Waals surface area contributed by atoms with Crippen LogP contribution in [-0.4, -0.2) is 25.1 Å². The summed E-state index contributed by atoms with van der Waals surface area (Å²) in [6.07, 6.45) is 3.42. The first-order valence-electron chi connectivity index (χ1n) is 7.29. The molecule has 5 heteroatoms. The van der Waals surface area contributed by atoms with Crippen molar-refractivity contribution in [1.82, 2.24) is 0 Å². The van der Waals surface area contributed by atoms with Crippen molar-refractivity contribution in [3.05, 3.63) is 35.1 Å². The van der Waals surface area contributed by atoms with Crippen LogP contribution in [0.4, 0.5) is 4.39 Å². The largest absolute Gasteiger partial charge is 0.373 e. The molecule has 0 bridgehead atoms. The van der Waals surface area contributed by atoms with Crippen molar-refractivity contribution in [1.29, 1.82) is 5.26 Å². The van der Waals surface area contributed by atoms with Gasteiger partial charge in [-0.3, -0.25) is 0 Å². The quantitative estimate of drug-likeness (QED) is 0.859. The van der Waals surface area contributed by atoms with Gasteiger partial charge in [0, 0.05) is 18.4 Å². The molecule has 112 valence electrons. The Hall–Kier alpha value is -1.48. The fraction of sp³-hybridized carbons (Fsp3) is 0.562. The number of nitrogens with zero attached hydrogens (tertiary/aromatic N) is 1. The topological polar surface area (TPSA) is 51.5 Å². The van der Waals surface area contributed by atoms with Gasteiger partial charge in [-0.05, 0) is 18.9 Å². The molecule has 0 unspecified atom stereocenters. The molecule has 1 aliphatic heterocycles. The third-order valence-electron chi connectivity index (χ3n) is 4.18. The van der Waals surface area contributed by atoms with Crippen molar-refractivity contribution in [2.75, 3.05) is 13.2 Å². The molecule has 1 saturated carbocycles. The minimum atomic E-state index is -0.477. The van der Waals surface area contributed by atoms with E-state index in [0.29, 0.717) is 18.8 Å². The maximum atomic E-state index is 13.9. The van der Waals surface area contributed by atoms with Gasteiger partial charge in [-0.15, -0.1) is 0 Å². The van der Waals surface area contributed by atoms with Crippen molar-refractivity contribution >= 4 is 0 Å². The predicted molar refractivity (Wildman–Crippen MR) is 72.8 cm³/mol. The molecule has 4 nitrogen and oxygen atoms in total. The normalized spacial score (nSPS) is 21.5. The van der Waals surface area contributed by atoms with E-state index in [2.05, 4.69) is 0 Å². The molecule has 2 aliphatic rings. The number of halogens is 1. The summed E-state index contributed by atoms with van der Waals surface area (Å²) in [5, 5.41) is 8.82. The molecule has 1 saturated heterocycles. The highest BCUT2D eigenvalue weighted by molar-refractivity contribution is 5.34. The van der Waals surface area contributed by atoms with Crippen LogP contribution in [0.2, 0.25) is 0 Å². The molecule has 0 amide bonds. The van der Waals surface area contributed by atoms with Crippen molar-refractivity contribution < 1.29 is 18.6 Å². The van der Waals surface area contributed by atoms with Gasteiger partial charge in [0.25, 0.3) is 0 Å². The lowest BCUT2D eigenvalue weighted by molar-refractivity contribution is -0.192. The molecule has 3 rings (SSSR count). The van der Waals surface area contributed by atoms with Crippen molar-refractivity contribution in [2.24, 2.45) is 0 Å². The summed E-state index contributed by atoms with van der Waals surface area (Å²) < 4.78 is 31.1. The Morgan fingerprint density at radius 2 is 2.00 bits per heavy atom. The number of hydrogen-bond acceptors (Lipinski definition) is 4. The van der Waals surface area contributed by atoms with Gasteiger partial charge >= 0.3 is 0 Å². The van der Waals surface area contributed by atoms with E-state index in [9.17, 15) is 4.39 Å².